The SMILES string of the molecule is Cc1cc(NC(=O)C2(Cc3ccccc3F)CC2)ccc1C(=O)O. The summed E-state index contributed by atoms with van der Waals surface area (Å²) in [5.74, 6) is -1.44. The van der Waals surface area contributed by atoms with Gasteiger partial charge in [-0.2, -0.15) is 0 Å². The number of amides is 1. The molecule has 1 fully saturated rings. The van der Waals surface area contributed by atoms with Crippen LogP contribution in [0.4, 0.5) is 10.1 Å². The highest BCUT2D eigenvalue weighted by molar-refractivity contribution is 5.98. The molecule has 0 heterocycles. The van der Waals surface area contributed by atoms with E-state index in [-0.39, 0.29) is 17.3 Å². The lowest BCUT2D eigenvalue weighted by atomic mass is 9.95. The maximum atomic E-state index is 13.8. The van der Waals surface area contributed by atoms with Crippen molar-refractivity contribution in [2.24, 2.45) is 5.41 Å². The van der Waals surface area contributed by atoms with Gasteiger partial charge in [0.1, 0.15) is 5.82 Å². The largest absolute Gasteiger partial charge is 0.478 e. The van der Waals surface area contributed by atoms with E-state index in [1.165, 1.54) is 12.1 Å². The van der Waals surface area contributed by atoms with Crippen molar-refractivity contribution in [3.8, 4) is 0 Å². The molecule has 0 spiro atoms. The minimum Gasteiger partial charge on any atom is -0.478 e. The normalized spacial score (nSPS) is 14.9. The summed E-state index contributed by atoms with van der Waals surface area (Å²) in [7, 11) is 0. The second-order valence-corrected chi connectivity index (χ2v) is 6.34. The van der Waals surface area contributed by atoms with Gasteiger partial charge < -0.3 is 10.4 Å². The fourth-order valence-electron chi connectivity index (χ4n) is 2.89. The summed E-state index contributed by atoms with van der Waals surface area (Å²) in [6.45, 7) is 1.69. The number of aryl methyl sites for hydroxylation is 1. The maximum absolute atomic E-state index is 13.8. The van der Waals surface area contributed by atoms with E-state index in [0.717, 1.165) is 12.8 Å². The molecule has 0 aromatic heterocycles. The number of carbonyl (C=O) groups is 2. The molecule has 1 saturated carbocycles. The smallest absolute Gasteiger partial charge is 0.335 e. The average Bonchev–Trinajstić information content (AvgIpc) is 3.30. The van der Waals surface area contributed by atoms with Crippen LogP contribution in [0.15, 0.2) is 42.5 Å². The number of carboxylic acids is 1. The summed E-state index contributed by atoms with van der Waals surface area (Å²) in [5.41, 5.74) is 1.33. The van der Waals surface area contributed by atoms with Crippen molar-refractivity contribution in [1.29, 1.82) is 0 Å². The highest BCUT2D eigenvalue weighted by Crippen LogP contribution is 2.49. The van der Waals surface area contributed by atoms with Gasteiger partial charge in [-0.15, -0.1) is 0 Å². The van der Waals surface area contributed by atoms with E-state index in [1.807, 2.05) is 0 Å². The monoisotopic (exact) mass is 327 g/mol. The van der Waals surface area contributed by atoms with Crippen LogP contribution >= 0.6 is 0 Å². The number of halogens is 1. The van der Waals surface area contributed by atoms with Crippen molar-refractivity contribution in [3.05, 3.63) is 65.0 Å². The lowest BCUT2D eigenvalue weighted by molar-refractivity contribution is -0.121. The highest BCUT2D eigenvalue weighted by atomic mass is 19.1. The summed E-state index contributed by atoms with van der Waals surface area (Å²) in [6, 6.07) is 11.2. The third kappa shape index (κ3) is 3.15. The van der Waals surface area contributed by atoms with Gasteiger partial charge in [-0.3, -0.25) is 4.79 Å². The Hall–Kier alpha value is -2.69. The van der Waals surface area contributed by atoms with E-state index in [2.05, 4.69) is 5.32 Å². The Balaban J connectivity index is 1.74. The van der Waals surface area contributed by atoms with Crippen LogP contribution in [0.3, 0.4) is 0 Å². The lowest BCUT2D eigenvalue weighted by Crippen LogP contribution is -2.26. The molecular formula is C19H18FNO3. The van der Waals surface area contributed by atoms with Crippen molar-refractivity contribution in [1.82, 2.24) is 0 Å². The van der Waals surface area contributed by atoms with E-state index >= 15 is 0 Å². The molecule has 2 N–H and O–H groups in total. The maximum Gasteiger partial charge on any atom is 0.335 e. The van der Waals surface area contributed by atoms with Crippen molar-refractivity contribution >= 4 is 17.6 Å². The van der Waals surface area contributed by atoms with E-state index in [1.54, 1.807) is 37.3 Å². The molecule has 0 radical (unpaired) electrons. The van der Waals surface area contributed by atoms with Crippen LogP contribution in [0.25, 0.3) is 0 Å². The molecular weight excluding hydrogens is 309 g/mol. The standard InChI is InChI=1S/C19H18FNO3/c1-12-10-14(6-7-15(12)17(22)23)21-18(24)19(8-9-19)11-13-4-2-3-5-16(13)20/h2-7,10H,8-9,11H2,1H3,(H,21,24)(H,22,23). The van der Waals surface area contributed by atoms with Crippen LogP contribution in [0.5, 0.6) is 0 Å². The van der Waals surface area contributed by atoms with Crippen LogP contribution in [0.1, 0.15) is 34.3 Å². The molecule has 1 aliphatic rings. The van der Waals surface area contributed by atoms with E-state index in [9.17, 15) is 14.0 Å². The van der Waals surface area contributed by atoms with Gasteiger partial charge in [-0.1, -0.05) is 18.2 Å². The van der Waals surface area contributed by atoms with Crippen LogP contribution in [-0.2, 0) is 11.2 Å². The quantitative estimate of drug-likeness (QED) is 0.878. The Morgan fingerprint density at radius 2 is 1.92 bits per heavy atom. The highest BCUT2D eigenvalue weighted by Gasteiger charge is 2.50. The summed E-state index contributed by atoms with van der Waals surface area (Å²) in [5, 5.41) is 11.9. The van der Waals surface area contributed by atoms with Crippen molar-refractivity contribution in [2.75, 3.05) is 5.32 Å². The molecule has 124 valence electrons. The van der Waals surface area contributed by atoms with Gasteiger partial charge in [0.15, 0.2) is 0 Å². The van der Waals surface area contributed by atoms with Gasteiger partial charge in [0.05, 0.1) is 11.0 Å². The van der Waals surface area contributed by atoms with E-state index < -0.39 is 11.4 Å². The molecule has 1 amide bonds. The molecule has 5 heteroatoms. The van der Waals surface area contributed by atoms with Gasteiger partial charge >= 0.3 is 5.97 Å². The fourth-order valence-corrected chi connectivity index (χ4v) is 2.89. The molecule has 0 aliphatic heterocycles. The Labute approximate surface area is 139 Å². The Morgan fingerprint density at radius 1 is 1.21 bits per heavy atom. The number of hydrogen-bond acceptors (Lipinski definition) is 2. The molecule has 1 aliphatic carbocycles. The molecule has 0 bridgehead atoms. The topological polar surface area (TPSA) is 66.4 Å². The first-order valence-corrected chi connectivity index (χ1v) is 7.80. The molecule has 2 aromatic carbocycles. The lowest BCUT2D eigenvalue weighted by Gasteiger charge is -2.16. The van der Waals surface area contributed by atoms with Gasteiger partial charge in [0.25, 0.3) is 0 Å². The van der Waals surface area contributed by atoms with Crippen molar-refractivity contribution in [3.63, 3.8) is 0 Å². The minimum absolute atomic E-state index is 0.145. The summed E-state index contributed by atoms with van der Waals surface area (Å²) < 4.78 is 13.8. The molecule has 0 atom stereocenters. The predicted octanol–water partition coefficient (Wildman–Crippen LogP) is 3.79. The second-order valence-electron chi connectivity index (χ2n) is 6.34. The van der Waals surface area contributed by atoms with E-state index in [4.69, 9.17) is 5.11 Å². The van der Waals surface area contributed by atoms with Crippen LogP contribution in [-0.4, -0.2) is 17.0 Å². The molecule has 4 nitrogen and oxygen atoms in total. The predicted molar refractivity (Wildman–Crippen MR) is 88.5 cm³/mol. The van der Waals surface area contributed by atoms with Crippen LogP contribution in [0.2, 0.25) is 0 Å². The summed E-state index contributed by atoms with van der Waals surface area (Å²) in [4.78, 5) is 23.6. The van der Waals surface area contributed by atoms with Gasteiger partial charge in [0.2, 0.25) is 5.91 Å². The Bertz CT molecular complexity index is 812. The molecule has 24 heavy (non-hydrogen) atoms. The van der Waals surface area contributed by atoms with Crippen molar-refractivity contribution < 1.29 is 19.1 Å². The number of carboxylic acid groups (broad SMARTS) is 1. The number of hydrogen-bond donors (Lipinski definition) is 2. The number of anilines is 1. The third-order valence-electron chi connectivity index (χ3n) is 4.54. The number of carbonyl (C=O) groups excluding carboxylic acids is 1. The zero-order valence-electron chi connectivity index (χ0n) is 13.3. The number of benzene rings is 2. The zero-order valence-corrected chi connectivity index (χ0v) is 13.3. The van der Waals surface area contributed by atoms with Gasteiger partial charge in [-0.05, 0) is 61.6 Å². The Morgan fingerprint density at radius 3 is 2.50 bits per heavy atom. The first kappa shape index (κ1) is 16.2. The summed E-state index contributed by atoms with van der Waals surface area (Å²) in [6.07, 6.45) is 1.82. The van der Waals surface area contributed by atoms with Gasteiger partial charge in [0, 0.05) is 5.69 Å². The minimum atomic E-state index is -0.997. The van der Waals surface area contributed by atoms with Crippen LogP contribution < -0.4 is 5.32 Å². The Kier molecular flexibility index (Phi) is 4.09. The molecule has 0 unspecified atom stereocenters. The molecule has 2 aromatic rings. The second kappa shape index (κ2) is 6.07. The molecule has 3 rings (SSSR count). The van der Waals surface area contributed by atoms with Crippen LogP contribution in [0, 0.1) is 18.2 Å². The zero-order chi connectivity index (χ0) is 17.3. The average molecular weight is 327 g/mol. The van der Waals surface area contributed by atoms with Crippen molar-refractivity contribution in [2.45, 2.75) is 26.2 Å². The number of aromatic carboxylic acids is 1. The van der Waals surface area contributed by atoms with Gasteiger partial charge in [-0.25, -0.2) is 9.18 Å². The third-order valence-corrected chi connectivity index (χ3v) is 4.54. The molecule has 0 saturated heterocycles. The number of nitrogens with one attached hydrogen (secondary N) is 1. The van der Waals surface area contributed by atoms with E-state index in [0.29, 0.717) is 23.2 Å². The first-order chi connectivity index (χ1) is 11.4. The number of rotatable bonds is 5. The first-order valence-electron chi connectivity index (χ1n) is 7.80. The fraction of sp³-hybridized carbons (Fsp3) is 0.263. The summed E-state index contributed by atoms with van der Waals surface area (Å²) >= 11 is 0.